The van der Waals surface area contributed by atoms with Crippen LogP contribution in [0.25, 0.3) is 0 Å². The Labute approximate surface area is 133 Å². The number of anilines is 1. The molecule has 0 radical (unpaired) electrons. The molecule has 1 aromatic rings. The molecule has 1 aliphatic heterocycles. The lowest BCUT2D eigenvalue weighted by Crippen LogP contribution is -2.36. The van der Waals surface area contributed by atoms with E-state index in [1.807, 2.05) is 0 Å². The molecular formula is C15H22Br2N2. The van der Waals surface area contributed by atoms with E-state index in [0.29, 0.717) is 6.04 Å². The molecule has 0 spiro atoms. The topological polar surface area (TPSA) is 24.1 Å². The lowest BCUT2D eigenvalue weighted by molar-refractivity contribution is 0.548. The predicted octanol–water partition coefficient (Wildman–Crippen LogP) is 4.64. The highest BCUT2D eigenvalue weighted by atomic mass is 79.9. The van der Waals surface area contributed by atoms with Crippen molar-refractivity contribution in [2.75, 3.05) is 18.4 Å². The molecule has 2 nitrogen and oxygen atoms in total. The predicted molar refractivity (Wildman–Crippen MR) is 90.1 cm³/mol. The third-order valence-corrected chi connectivity index (χ3v) is 5.65. The molecule has 4 heteroatoms. The van der Waals surface area contributed by atoms with Crippen molar-refractivity contribution >= 4 is 37.5 Å². The van der Waals surface area contributed by atoms with Gasteiger partial charge in [-0.1, -0.05) is 45.2 Å². The molecule has 0 amide bonds. The molecule has 1 heterocycles. The Bertz CT molecular complexity index is 446. The summed E-state index contributed by atoms with van der Waals surface area (Å²) >= 11 is 7.36. The number of halogens is 2. The first-order valence-electron chi connectivity index (χ1n) is 7.08. The molecule has 1 atom stereocenters. The average Bonchev–Trinajstić information content (AvgIpc) is 2.41. The van der Waals surface area contributed by atoms with Gasteiger partial charge in [-0.3, -0.25) is 0 Å². The summed E-state index contributed by atoms with van der Waals surface area (Å²) in [4.78, 5) is 0. The molecule has 0 unspecified atom stereocenters. The quantitative estimate of drug-likeness (QED) is 0.717. The van der Waals surface area contributed by atoms with Gasteiger partial charge >= 0.3 is 0 Å². The SMILES string of the molecule is CCCCNC[C@@H]1CCc2c(cc(Br)c(C)c2Br)N1. The van der Waals surface area contributed by atoms with E-state index < -0.39 is 0 Å². The van der Waals surface area contributed by atoms with Crippen LogP contribution in [-0.2, 0) is 6.42 Å². The minimum atomic E-state index is 0.547. The molecule has 0 aliphatic carbocycles. The van der Waals surface area contributed by atoms with E-state index in [1.165, 1.54) is 45.0 Å². The highest BCUT2D eigenvalue weighted by Crippen LogP contribution is 2.37. The van der Waals surface area contributed by atoms with Crippen molar-refractivity contribution in [3.8, 4) is 0 Å². The van der Waals surface area contributed by atoms with E-state index in [1.54, 1.807) is 0 Å². The van der Waals surface area contributed by atoms with E-state index in [9.17, 15) is 0 Å². The third-order valence-electron chi connectivity index (χ3n) is 3.75. The van der Waals surface area contributed by atoms with E-state index in [-0.39, 0.29) is 0 Å². The van der Waals surface area contributed by atoms with Gasteiger partial charge in [0.05, 0.1) is 0 Å². The molecule has 0 bridgehead atoms. The van der Waals surface area contributed by atoms with Crippen LogP contribution in [-0.4, -0.2) is 19.1 Å². The van der Waals surface area contributed by atoms with Gasteiger partial charge in [-0.2, -0.15) is 0 Å². The van der Waals surface area contributed by atoms with Crippen molar-refractivity contribution in [2.24, 2.45) is 0 Å². The van der Waals surface area contributed by atoms with Gasteiger partial charge in [-0.15, -0.1) is 0 Å². The zero-order valence-corrected chi connectivity index (χ0v) is 14.8. The first-order valence-corrected chi connectivity index (χ1v) is 8.66. The third kappa shape index (κ3) is 3.73. The van der Waals surface area contributed by atoms with Crippen LogP contribution in [0.4, 0.5) is 5.69 Å². The fourth-order valence-corrected chi connectivity index (χ4v) is 3.81. The number of hydrogen-bond donors (Lipinski definition) is 2. The van der Waals surface area contributed by atoms with Crippen molar-refractivity contribution in [2.45, 2.75) is 45.6 Å². The maximum Gasteiger partial charge on any atom is 0.0398 e. The first kappa shape index (κ1) is 15.3. The van der Waals surface area contributed by atoms with Crippen LogP contribution >= 0.6 is 31.9 Å². The van der Waals surface area contributed by atoms with Crippen LogP contribution in [0, 0.1) is 6.92 Å². The van der Waals surface area contributed by atoms with E-state index in [4.69, 9.17) is 0 Å². The van der Waals surface area contributed by atoms with Crippen LogP contribution in [0.3, 0.4) is 0 Å². The monoisotopic (exact) mass is 388 g/mol. The van der Waals surface area contributed by atoms with Crippen molar-refractivity contribution in [3.63, 3.8) is 0 Å². The minimum absolute atomic E-state index is 0.547. The van der Waals surface area contributed by atoms with E-state index in [0.717, 1.165) is 19.5 Å². The Morgan fingerprint density at radius 3 is 2.95 bits per heavy atom. The Kier molecular flexibility index (Phi) is 5.72. The molecule has 2 rings (SSSR count). The molecular weight excluding hydrogens is 368 g/mol. The van der Waals surface area contributed by atoms with Crippen LogP contribution in [0.2, 0.25) is 0 Å². The van der Waals surface area contributed by atoms with Gasteiger partial charge in [0.25, 0.3) is 0 Å². The fourth-order valence-electron chi connectivity index (χ4n) is 2.49. The van der Waals surface area contributed by atoms with Gasteiger partial charge < -0.3 is 10.6 Å². The van der Waals surface area contributed by atoms with Gasteiger partial charge in [0, 0.05) is 27.2 Å². The standard InChI is InChI=1S/C15H22Br2N2/c1-3-4-7-18-9-11-5-6-12-14(19-11)8-13(16)10(2)15(12)17/h8,11,18-19H,3-7,9H2,1-2H3/t11-/m0/s1. The summed E-state index contributed by atoms with van der Waals surface area (Å²) in [6, 6.07) is 2.76. The van der Waals surface area contributed by atoms with Gasteiger partial charge in [0.15, 0.2) is 0 Å². The largest absolute Gasteiger partial charge is 0.381 e. The maximum atomic E-state index is 3.72. The lowest BCUT2D eigenvalue weighted by Gasteiger charge is -2.29. The summed E-state index contributed by atoms with van der Waals surface area (Å²) in [6.45, 7) is 6.56. The van der Waals surface area contributed by atoms with Crippen molar-refractivity contribution in [1.82, 2.24) is 5.32 Å². The zero-order chi connectivity index (χ0) is 13.8. The molecule has 1 aromatic carbocycles. The van der Waals surface area contributed by atoms with Crippen LogP contribution in [0.15, 0.2) is 15.0 Å². The fraction of sp³-hybridized carbons (Fsp3) is 0.600. The highest BCUT2D eigenvalue weighted by molar-refractivity contribution is 9.11. The number of rotatable bonds is 5. The van der Waals surface area contributed by atoms with Crippen LogP contribution in [0.5, 0.6) is 0 Å². The van der Waals surface area contributed by atoms with Crippen LogP contribution in [0.1, 0.15) is 37.3 Å². The van der Waals surface area contributed by atoms with Crippen molar-refractivity contribution in [1.29, 1.82) is 0 Å². The lowest BCUT2D eigenvalue weighted by atomic mass is 9.96. The second kappa shape index (κ2) is 7.09. The first-order chi connectivity index (χ1) is 9.13. The molecule has 1 aliphatic rings. The Hall–Kier alpha value is -0.0600. The van der Waals surface area contributed by atoms with Crippen molar-refractivity contribution < 1.29 is 0 Å². The number of benzene rings is 1. The molecule has 106 valence electrons. The summed E-state index contributed by atoms with van der Waals surface area (Å²) in [5.74, 6) is 0. The second-order valence-electron chi connectivity index (χ2n) is 5.26. The van der Waals surface area contributed by atoms with Crippen LogP contribution < -0.4 is 10.6 Å². The summed E-state index contributed by atoms with van der Waals surface area (Å²) < 4.78 is 2.42. The Morgan fingerprint density at radius 1 is 1.42 bits per heavy atom. The summed E-state index contributed by atoms with van der Waals surface area (Å²) in [5, 5.41) is 7.20. The second-order valence-corrected chi connectivity index (χ2v) is 6.91. The van der Waals surface area contributed by atoms with Gasteiger partial charge in [-0.25, -0.2) is 0 Å². The molecule has 19 heavy (non-hydrogen) atoms. The Balaban J connectivity index is 2.00. The molecule has 0 fully saturated rings. The van der Waals surface area contributed by atoms with E-state index in [2.05, 4.69) is 62.4 Å². The average molecular weight is 390 g/mol. The minimum Gasteiger partial charge on any atom is -0.381 e. The number of fused-ring (bicyclic) bond motifs is 1. The normalized spacial score (nSPS) is 18.0. The summed E-state index contributed by atoms with van der Waals surface area (Å²) in [7, 11) is 0. The molecule has 0 aromatic heterocycles. The number of hydrogen-bond acceptors (Lipinski definition) is 2. The molecule has 0 saturated heterocycles. The smallest absolute Gasteiger partial charge is 0.0398 e. The van der Waals surface area contributed by atoms with Gasteiger partial charge in [-0.05, 0) is 49.9 Å². The maximum absolute atomic E-state index is 3.72. The summed E-state index contributed by atoms with van der Waals surface area (Å²) in [6.07, 6.45) is 4.87. The molecule has 0 saturated carbocycles. The highest BCUT2D eigenvalue weighted by Gasteiger charge is 2.21. The summed E-state index contributed by atoms with van der Waals surface area (Å²) in [5.41, 5.74) is 3.99. The zero-order valence-electron chi connectivity index (χ0n) is 11.7. The van der Waals surface area contributed by atoms with Gasteiger partial charge in [0.1, 0.15) is 0 Å². The number of nitrogens with one attached hydrogen (secondary N) is 2. The van der Waals surface area contributed by atoms with E-state index >= 15 is 0 Å². The van der Waals surface area contributed by atoms with Crippen molar-refractivity contribution in [3.05, 3.63) is 26.1 Å². The van der Waals surface area contributed by atoms with Gasteiger partial charge in [0.2, 0.25) is 0 Å². The number of unbranched alkanes of at least 4 members (excludes halogenated alkanes) is 1. The molecule has 2 N–H and O–H groups in total. The Morgan fingerprint density at radius 2 is 2.21 bits per heavy atom.